The smallest absolute Gasteiger partial charge is 0.191 e. The van der Waals surface area contributed by atoms with Gasteiger partial charge in [-0.15, -0.1) is 35.3 Å². The first-order chi connectivity index (χ1) is 13.2. The summed E-state index contributed by atoms with van der Waals surface area (Å²) in [7, 11) is 0. The predicted octanol–water partition coefficient (Wildman–Crippen LogP) is 4.24. The van der Waals surface area contributed by atoms with Crippen LogP contribution in [0.1, 0.15) is 52.4 Å². The molecule has 0 aromatic carbocycles. The van der Waals surface area contributed by atoms with E-state index in [4.69, 9.17) is 9.73 Å². The molecule has 2 unspecified atom stereocenters. The van der Waals surface area contributed by atoms with Crippen molar-refractivity contribution in [3.05, 3.63) is 17.5 Å². The molecule has 0 radical (unpaired) electrons. The zero-order valence-electron chi connectivity index (χ0n) is 17.2. The first-order valence-electron chi connectivity index (χ1n) is 10.7. The molecule has 3 aliphatic rings. The van der Waals surface area contributed by atoms with Crippen LogP contribution in [-0.2, 0) is 4.74 Å². The van der Waals surface area contributed by atoms with E-state index in [0.29, 0.717) is 23.6 Å². The van der Waals surface area contributed by atoms with Crippen LogP contribution < -0.4 is 15.5 Å². The van der Waals surface area contributed by atoms with E-state index in [9.17, 15) is 0 Å². The number of ether oxygens (including phenoxy) is 1. The van der Waals surface area contributed by atoms with Gasteiger partial charge in [-0.1, -0.05) is 6.42 Å². The van der Waals surface area contributed by atoms with E-state index in [-0.39, 0.29) is 24.0 Å². The number of halogens is 1. The molecule has 158 valence electrons. The van der Waals surface area contributed by atoms with Crippen LogP contribution in [0.4, 0.5) is 5.00 Å². The summed E-state index contributed by atoms with van der Waals surface area (Å²) in [5, 5.41) is 11.1. The first kappa shape index (κ1) is 22.2. The molecule has 0 bridgehead atoms. The Bertz CT molecular complexity index is 626. The monoisotopic (exact) mass is 518 g/mol. The fourth-order valence-corrected chi connectivity index (χ4v) is 5.77. The van der Waals surface area contributed by atoms with E-state index >= 15 is 0 Å². The molecule has 1 aliphatic heterocycles. The van der Waals surface area contributed by atoms with Gasteiger partial charge in [0.2, 0.25) is 0 Å². The second-order valence-electron chi connectivity index (χ2n) is 8.14. The Balaban J connectivity index is 0.00000225. The molecule has 4 rings (SSSR count). The summed E-state index contributed by atoms with van der Waals surface area (Å²) in [5.74, 6) is 1.01. The maximum Gasteiger partial charge on any atom is 0.191 e. The Morgan fingerprint density at radius 3 is 2.64 bits per heavy atom. The maximum absolute atomic E-state index is 6.00. The van der Waals surface area contributed by atoms with E-state index in [1.54, 1.807) is 0 Å². The molecule has 2 N–H and O–H groups in total. The molecular formula is C21H35IN4OS. The van der Waals surface area contributed by atoms with Crippen LogP contribution in [0.15, 0.2) is 22.5 Å². The van der Waals surface area contributed by atoms with Gasteiger partial charge >= 0.3 is 0 Å². The number of nitrogens with zero attached hydrogens (tertiary/aromatic N) is 2. The van der Waals surface area contributed by atoms with E-state index in [2.05, 4.69) is 46.9 Å². The van der Waals surface area contributed by atoms with Gasteiger partial charge in [-0.05, 0) is 63.5 Å². The molecule has 7 heteroatoms. The zero-order valence-corrected chi connectivity index (χ0v) is 20.3. The highest BCUT2D eigenvalue weighted by molar-refractivity contribution is 14.0. The van der Waals surface area contributed by atoms with Gasteiger partial charge < -0.3 is 20.3 Å². The van der Waals surface area contributed by atoms with Crippen LogP contribution in [0.3, 0.4) is 0 Å². The molecule has 2 saturated carbocycles. The Kier molecular flexibility index (Phi) is 7.89. The lowest BCUT2D eigenvalue weighted by atomic mass is 9.51. The van der Waals surface area contributed by atoms with Crippen LogP contribution in [0.5, 0.6) is 0 Å². The number of hydrogen-bond donors (Lipinski definition) is 2. The second-order valence-corrected chi connectivity index (χ2v) is 9.07. The van der Waals surface area contributed by atoms with Crippen LogP contribution in [0, 0.1) is 5.41 Å². The number of aliphatic imine (C=N–C) groups is 1. The molecule has 3 fully saturated rings. The highest BCUT2D eigenvalue weighted by Crippen LogP contribution is 2.57. The van der Waals surface area contributed by atoms with E-state index in [0.717, 1.165) is 38.6 Å². The molecule has 1 saturated heterocycles. The van der Waals surface area contributed by atoms with E-state index < -0.39 is 0 Å². The molecular weight excluding hydrogens is 483 g/mol. The lowest BCUT2D eigenvalue weighted by Gasteiger charge is -2.61. The fourth-order valence-electron chi connectivity index (χ4n) is 4.98. The summed E-state index contributed by atoms with van der Waals surface area (Å²) in [6.07, 6.45) is 7.85. The van der Waals surface area contributed by atoms with Crippen LogP contribution in [0.2, 0.25) is 0 Å². The SMILES string of the molecule is CCN=C(NC1CCN(c2cccs2)CC1)NC1CC(OCC)C12CCC2.I. The highest BCUT2D eigenvalue weighted by Gasteiger charge is 2.59. The summed E-state index contributed by atoms with van der Waals surface area (Å²) < 4.78 is 6.00. The van der Waals surface area contributed by atoms with Crippen molar-refractivity contribution in [3.8, 4) is 0 Å². The van der Waals surface area contributed by atoms with Gasteiger partial charge in [-0.3, -0.25) is 4.99 Å². The summed E-state index contributed by atoms with van der Waals surface area (Å²) in [6, 6.07) is 5.41. The number of rotatable bonds is 6. The van der Waals surface area contributed by atoms with Gasteiger partial charge in [0.25, 0.3) is 0 Å². The standard InChI is InChI=1S/C21H34N4OS.HI/c1-3-22-20(24-17-15-18(26-4-2)21(17)10-6-11-21)23-16-8-12-25(13-9-16)19-7-5-14-27-19;/h5,7,14,16-18H,3-4,6,8-13,15H2,1-2H3,(H2,22,23,24);1H. The topological polar surface area (TPSA) is 48.9 Å². The third kappa shape index (κ3) is 4.46. The van der Waals surface area contributed by atoms with Crippen molar-refractivity contribution >= 4 is 46.3 Å². The number of anilines is 1. The minimum atomic E-state index is 0. The van der Waals surface area contributed by atoms with Crippen LogP contribution >= 0.6 is 35.3 Å². The molecule has 1 spiro atoms. The van der Waals surface area contributed by atoms with Crippen molar-refractivity contribution in [3.63, 3.8) is 0 Å². The van der Waals surface area contributed by atoms with Gasteiger partial charge in [-0.25, -0.2) is 0 Å². The van der Waals surface area contributed by atoms with E-state index in [1.165, 1.54) is 37.1 Å². The zero-order chi connectivity index (χ0) is 18.7. The van der Waals surface area contributed by atoms with Gasteiger partial charge in [0.05, 0.1) is 11.1 Å². The average Bonchev–Trinajstić information content (AvgIpc) is 3.15. The van der Waals surface area contributed by atoms with Crippen molar-refractivity contribution in [1.29, 1.82) is 0 Å². The Hall–Kier alpha value is -0.540. The van der Waals surface area contributed by atoms with Crippen molar-refractivity contribution in [2.24, 2.45) is 10.4 Å². The number of nitrogens with one attached hydrogen (secondary N) is 2. The predicted molar refractivity (Wildman–Crippen MR) is 129 cm³/mol. The van der Waals surface area contributed by atoms with Crippen molar-refractivity contribution in [1.82, 2.24) is 10.6 Å². The third-order valence-corrected chi connectivity index (χ3v) is 7.65. The molecule has 2 atom stereocenters. The largest absolute Gasteiger partial charge is 0.378 e. The van der Waals surface area contributed by atoms with Crippen molar-refractivity contribution in [2.45, 2.75) is 70.6 Å². The van der Waals surface area contributed by atoms with Crippen LogP contribution in [-0.4, -0.2) is 50.4 Å². The molecule has 2 aliphatic carbocycles. The fraction of sp³-hybridized carbons (Fsp3) is 0.762. The van der Waals surface area contributed by atoms with Gasteiger partial charge in [-0.2, -0.15) is 0 Å². The number of piperidine rings is 1. The summed E-state index contributed by atoms with van der Waals surface area (Å²) >= 11 is 1.84. The molecule has 2 heterocycles. The number of hydrogen-bond acceptors (Lipinski definition) is 4. The van der Waals surface area contributed by atoms with Crippen molar-refractivity contribution in [2.75, 3.05) is 31.1 Å². The summed E-state index contributed by atoms with van der Waals surface area (Å²) in [6.45, 7) is 8.12. The van der Waals surface area contributed by atoms with Gasteiger partial charge in [0.15, 0.2) is 5.96 Å². The highest BCUT2D eigenvalue weighted by atomic mass is 127. The average molecular weight is 519 g/mol. The lowest BCUT2D eigenvalue weighted by Crippen LogP contribution is -2.69. The van der Waals surface area contributed by atoms with Crippen LogP contribution in [0.25, 0.3) is 0 Å². The Morgan fingerprint density at radius 2 is 2.07 bits per heavy atom. The number of guanidine groups is 1. The second kappa shape index (κ2) is 9.98. The lowest BCUT2D eigenvalue weighted by molar-refractivity contribution is -0.168. The quantitative estimate of drug-likeness (QED) is 0.336. The summed E-state index contributed by atoms with van der Waals surface area (Å²) in [4.78, 5) is 7.25. The Labute approximate surface area is 190 Å². The van der Waals surface area contributed by atoms with Gasteiger partial charge in [0, 0.05) is 43.7 Å². The maximum atomic E-state index is 6.00. The molecule has 28 heavy (non-hydrogen) atoms. The van der Waals surface area contributed by atoms with Crippen molar-refractivity contribution < 1.29 is 4.74 Å². The molecule has 1 aromatic rings. The normalized spacial score (nSPS) is 26.9. The molecule has 1 aromatic heterocycles. The Morgan fingerprint density at radius 1 is 1.29 bits per heavy atom. The third-order valence-electron chi connectivity index (χ3n) is 6.72. The minimum absolute atomic E-state index is 0. The minimum Gasteiger partial charge on any atom is -0.378 e. The molecule has 5 nitrogen and oxygen atoms in total. The van der Waals surface area contributed by atoms with Gasteiger partial charge in [0.1, 0.15) is 0 Å². The number of thiophene rings is 1. The van der Waals surface area contributed by atoms with E-state index in [1.807, 2.05) is 11.3 Å². The summed E-state index contributed by atoms with van der Waals surface area (Å²) in [5.41, 5.74) is 0.370. The molecule has 0 amide bonds. The first-order valence-corrected chi connectivity index (χ1v) is 11.6.